The highest BCUT2D eigenvalue weighted by molar-refractivity contribution is 5.97. The number of carbonyl (C=O) groups excluding carboxylic acids is 1. The summed E-state index contributed by atoms with van der Waals surface area (Å²) in [5.74, 6) is 1.35. The van der Waals surface area contributed by atoms with Crippen molar-refractivity contribution in [2.24, 2.45) is 0 Å². The third kappa shape index (κ3) is 4.71. The van der Waals surface area contributed by atoms with E-state index < -0.39 is 0 Å². The Morgan fingerprint density at radius 3 is 2.61 bits per heavy atom. The molecule has 8 nitrogen and oxygen atoms in total. The van der Waals surface area contributed by atoms with Crippen LogP contribution < -0.4 is 9.47 Å². The second kappa shape index (κ2) is 9.23. The third-order valence-electron chi connectivity index (χ3n) is 6.41. The molecule has 8 heteroatoms. The fraction of sp³-hybridized carbons (Fsp3) is 0.400. The van der Waals surface area contributed by atoms with E-state index >= 15 is 0 Å². The van der Waals surface area contributed by atoms with Crippen LogP contribution in [0.15, 0.2) is 59.2 Å². The minimum absolute atomic E-state index is 0.0365. The molecule has 2 aliphatic heterocycles. The van der Waals surface area contributed by atoms with Gasteiger partial charge in [-0.2, -0.15) is 0 Å². The monoisotopic (exact) mass is 449 g/mol. The first kappa shape index (κ1) is 21.5. The van der Waals surface area contributed by atoms with Crippen LogP contribution in [0.3, 0.4) is 0 Å². The molecule has 3 aromatic rings. The van der Waals surface area contributed by atoms with Gasteiger partial charge in [0.15, 0.2) is 0 Å². The lowest BCUT2D eigenvalue weighted by molar-refractivity contribution is -0.0396. The first-order valence-corrected chi connectivity index (χ1v) is 11.3. The number of benzene rings is 2. The molecule has 0 aliphatic carbocycles. The molecule has 1 unspecified atom stereocenters. The average molecular weight is 450 g/mol. The first-order valence-electron chi connectivity index (χ1n) is 11.3. The molecule has 0 radical (unpaired) electrons. The summed E-state index contributed by atoms with van der Waals surface area (Å²) in [6, 6.07) is 17.1. The van der Waals surface area contributed by atoms with Gasteiger partial charge >= 0.3 is 0 Å². The van der Waals surface area contributed by atoms with E-state index in [0.717, 1.165) is 25.0 Å². The van der Waals surface area contributed by atoms with Gasteiger partial charge in [-0.1, -0.05) is 40.6 Å². The molecule has 172 valence electrons. The number of aromatic nitrogens is 2. The molecule has 1 spiro atoms. The van der Waals surface area contributed by atoms with Crippen molar-refractivity contribution < 1.29 is 23.6 Å². The number of hydrogen-bond acceptors (Lipinski definition) is 7. The highest BCUT2D eigenvalue weighted by Crippen LogP contribution is 2.38. The average Bonchev–Trinajstić information content (AvgIpc) is 3.44. The Labute approximate surface area is 192 Å². The van der Waals surface area contributed by atoms with Gasteiger partial charge in [-0.25, -0.2) is 4.63 Å². The van der Waals surface area contributed by atoms with E-state index in [2.05, 4.69) is 10.3 Å². The SMILES string of the molecule is Cc1nonc1COc1ccccc1C(=O)N1CCC2(CC1)CC(Oc1ccccc1)CO2. The number of likely N-dealkylation sites (tertiary alicyclic amines) is 1. The number of nitrogens with zero attached hydrogens (tertiary/aromatic N) is 3. The van der Waals surface area contributed by atoms with Crippen molar-refractivity contribution in [2.75, 3.05) is 19.7 Å². The van der Waals surface area contributed by atoms with Gasteiger partial charge in [-0.15, -0.1) is 0 Å². The standard InChI is InChI=1S/C25H27N3O5/c1-18-22(27-33-26-18)17-30-23-10-6-5-9-21(23)24(29)28-13-11-25(12-14-28)15-20(16-31-25)32-19-7-3-2-4-8-19/h2-10,20H,11-17H2,1H3. The van der Waals surface area contributed by atoms with E-state index in [1.165, 1.54) is 0 Å². The molecule has 3 heterocycles. The van der Waals surface area contributed by atoms with Crippen molar-refractivity contribution in [3.63, 3.8) is 0 Å². The summed E-state index contributed by atoms with van der Waals surface area (Å²) in [6.45, 7) is 3.85. The van der Waals surface area contributed by atoms with Gasteiger partial charge in [-0.3, -0.25) is 4.79 Å². The number of piperidine rings is 1. The second-order valence-corrected chi connectivity index (χ2v) is 8.62. The summed E-state index contributed by atoms with van der Waals surface area (Å²) in [4.78, 5) is 15.2. The molecule has 2 fully saturated rings. The molecule has 0 saturated carbocycles. The predicted octanol–water partition coefficient (Wildman–Crippen LogP) is 3.80. The number of amides is 1. The maximum absolute atomic E-state index is 13.3. The first-order chi connectivity index (χ1) is 16.1. The van der Waals surface area contributed by atoms with Crippen LogP contribution in [0.1, 0.15) is 41.0 Å². The minimum Gasteiger partial charge on any atom is -0.488 e. The van der Waals surface area contributed by atoms with Crippen LogP contribution in [0.4, 0.5) is 0 Å². The fourth-order valence-electron chi connectivity index (χ4n) is 4.50. The molecule has 33 heavy (non-hydrogen) atoms. The Balaban J connectivity index is 1.19. The highest BCUT2D eigenvalue weighted by atomic mass is 16.6. The zero-order chi connectivity index (χ0) is 22.7. The largest absolute Gasteiger partial charge is 0.488 e. The summed E-state index contributed by atoms with van der Waals surface area (Å²) in [7, 11) is 0. The number of ether oxygens (including phenoxy) is 3. The molecule has 2 aromatic carbocycles. The van der Waals surface area contributed by atoms with Gasteiger partial charge < -0.3 is 19.1 Å². The Bertz CT molecular complexity index is 1090. The second-order valence-electron chi connectivity index (χ2n) is 8.62. The van der Waals surface area contributed by atoms with E-state index in [9.17, 15) is 4.79 Å². The molecule has 1 aromatic heterocycles. The molecule has 0 N–H and O–H groups in total. The minimum atomic E-state index is -0.219. The van der Waals surface area contributed by atoms with Crippen LogP contribution in [-0.4, -0.2) is 52.5 Å². The maximum Gasteiger partial charge on any atom is 0.257 e. The third-order valence-corrected chi connectivity index (χ3v) is 6.41. The number of rotatable bonds is 6. The summed E-state index contributed by atoms with van der Waals surface area (Å²) in [5.41, 5.74) is 1.61. The summed E-state index contributed by atoms with van der Waals surface area (Å²) in [5, 5.41) is 7.60. The molecule has 1 amide bonds. The van der Waals surface area contributed by atoms with Crippen LogP contribution in [0.2, 0.25) is 0 Å². The fourth-order valence-corrected chi connectivity index (χ4v) is 4.50. The predicted molar refractivity (Wildman–Crippen MR) is 119 cm³/mol. The lowest BCUT2D eigenvalue weighted by Crippen LogP contribution is -2.46. The Morgan fingerprint density at radius 2 is 1.85 bits per heavy atom. The number of carbonyl (C=O) groups is 1. The maximum atomic E-state index is 13.3. The van der Waals surface area contributed by atoms with E-state index in [-0.39, 0.29) is 24.2 Å². The van der Waals surface area contributed by atoms with Gasteiger partial charge in [0.05, 0.1) is 17.8 Å². The molecule has 1 atom stereocenters. The lowest BCUT2D eigenvalue weighted by atomic mass is 9.87. The van der Waals surface area contributed by atoms with Crippen LogP contribution in [0.25, 0.3) is 0 Å². The zero-order valence-electron chi connectivity index (χ0n) is 18.6. The van der Waals surface area contributed by atoms with E-state index in [1.807, 2.05) is 47.4 Å². The van der Waals surface area contributed by atoms with E-state index in [4.69, 9.17) is 18.8 Å². The van der Waals surface area contributed by atoms with Crippen LogP contribution >= 0.6 is 0 Å². The van der Waals surface area contributed by atoms with E-state index in [1.54, 1.807) is 19.1 Å². The van der Waals surface area contributed by atoms with Crippen LogP contribution in [-0.2, 0) is 11.3 Å². The number of aryl methyl sites for hydroxylation is 1. The molecular weight excluding hydrogens is 422 g/mol. The van der Waals surface area contributed by atoms with Crippen molar-refractivity contribution in [3.05, 3.63) is 71.5 Å². The molecule has 2 saturated heterocycles. The topological polar surface area (TPSA) is 86.9 Å². The quantitative estimate of drug-likeness (QED) is 0.566. The van der Waals surface area contributed by atoms with Crippen LogP contribution in [0, 0.1) is 6.92 Å². The Hall–Kier alpha value is -3.39. The number of hydrogen-bond donors (Lipinski definition) is 0. The Morgan fingerprint density at radius 1 is 1.09 bits per heavy atom. The lowest BCUT2D eigenvalue weighted by Gasteiger charge is -2.38. The van der Waals surface area contributed by atoms with Crippen molar-refractivity contribution >= 4 is 5.91 Å². The number of para-hydroxylation sites is 2. The summed E-state index contributed by atoms with van der Waals surface area (Å²) in [6.07, 6.45) is 2.47. The van der Waals surface area contributed by atoms with Gasteiger partial charge in [0.25, 0.3) is 5.91 Å². The molecule has 0 bridgehead atoms. The van der Waals surface area contributed by atoms with Gasteiger partial charge in [0, 0.05) is 19.5 Å². The van der Waals surface area contributed by atoms with Crippen molar-refractivity contribution in [3.8, 4) is 11.5 Å². The van der Waals surface area contributed by atoms with Gasteiger partial charge in [0.1, 0.15) is 35.6 Å². The molecule has 2 aliphatic rings. The smallest absolute Gasteiger partial charge is 0.257 e. The van der Waals surface area contributed by atoms with Crippen molar-refractivity contribution in [1.29, 1.82) is 0 Å². The zero-order valence-corrected chi connectivity index (χ0v) is 18.6. The van der Waals surface area contributed by atoms with Gasteiger partial charge in [-0.05, 0) is 44.0 Å². The summed E-state index contributed by atoms with van der Waals surface area (Å²) < 4.78 is 22.9. The van der Waals surface area contributed by atoms with E-state index in [0.29, 0.717) is 42.4 Å². The Kier molecular flexibility index (Phi) is 6.00. The van der Waals surface area contributed by atoms with Gasteiger partial charge in [0.2, 0.25) is 0 Å². The molecule has 5 rings (SSSR count). The van der Waals surface area contributed by atoms with Crippen LogP contribution in [0.5, 0.6) is 11.5 Å². The van der Waals surface area contributed by atoms with Crippen molar-refractivity contribution in [2.45, 2.75) is 44.5 Å². The summed E-state index contributed by atoms with van der Waals surface area (Å²) >= 11 is 0. The molecular formula is C25H27N3O5. The normalized spacial score (nSPS) is 19.5. The van der Waals surface area contributed by atoms with Crippen molar-refractivity contribution in [1.82, 2.24) is 15.2 Å². The highest BCUT2D eigenvalue weighted by Gasteiger charge is 2.44.